The number of benzene rings is 1. The molecule has 9 heteroatoms. The van der Waals surface area contributed by atoms with E-state index in [1.54, 1.807) is 4.90 Å². The smallest absolute Gasteiger partial charge is 0.410 e. The van der Waals surface area contributed by atoms with Gasteiger partial charge in [-0.25, -0.2) is 4.79 Å². The minimum Gasteiger partial charge on any atom is -0.447 e. The van der Waals surface area contributed by atoms with E-state index in [9.17, 15) is 14.9 Å². The summed E-state index contributed by atoms with van der Waals surface area (Å²) in [6.07, 6.45) is 0.267. The zero-order chi connectivity index (χ0) is 24.3. The van der Waals surface area contributed by atoms with E-state index in [4.69, 9.17) is 14.2 Å². The van der Waals surface area contributed by atoms with E-state index in [0.717, 1.165) is 16.0 Å². The van der Waals surface area contributed by atoms with Crippen molar-refractivity contribution in [3.63, 3.8) is 0 Å². The number of nitrogens with zero attached hydrogens (tertiary/aromatic N) is 2. The van der Waals surface area contributed by atoms with Crippen LogP contribution < -0.4 is 5.32 Å². The second-order valence-electron chi connectivity index (χ2n) is 9.38. The normalized spacial score (nSPS) is 26.5. The largest absolute Gasteiger partial charge is 0.447 e. The van der Waals surface area contributed by atoms with Crippen LogP contribution >= 0.6 is 11.8 Å². The van der Waals surface area contributed by atoms with Crippen LogP contribution in [0.2, 0.25) is 0 Å². The third-order valence-electron chi connectivity index (χ3n) is 6.31. The molecule has 182 valence electrons. The maximum absolute atomic E-state index is 12.7. The third kappa shape index (κ3) is 5.74. The van der Waals surface area contributed by atoms with Gasteiger partial charge in [0.05, 0.1) is 30.5 Å². The van der Waals surface area contributed by atoms with Crippen LogP contribution in [0.25, 0.3) is 0 Å². The Labute approximate surface area is 204 Å². The molecule has 4 unspecified atom stereocenters. The van der Waals surface area contributed by atoms with Gasteiger partial charge >= 0.3 is 6.09 Å². The maximum atomic E-state index is 12.7. The number of amides is 2. The minimum atomic E-state index is -0.660. The van der Waals surface area contributed by atoms with Gasteiger partial charge in [-0.05, 0) is 37.3 Å². The molecule has 1 saturated heterocycles. The highest BCUT2D eigenvalue weighted by molar-refractivity contribution is 8.04. The first-order chi connectivity index (χ1) is 16.3. The number of hydrogen-bond donors (Lipinski definition) is 1. The first kappa shape index (κ1) is 24.6. The minimum absolute atomic E-state index is 0.0769. The third-order valence-corrected chi connectivity index (χ3v) is 7.63. The van der Waals surface area contributed by atoms with Crippen LogP contribution in [0.3, 0.4) is 0 Å². The molecule has 0 spiro atoms. The van der Waals surface area contributed by atoms with E-state index in [0.29, 0.717) is 32.5 Å². The molecule has 3 heterocycles. The summed E-state index contributed by atoms with van der Waals surface area (Å²) in [6.45, 7) is 7.07. The summed E-state index contributed by atoms with van der Waals surface area (Å²) < 4.78 is 16.6. The molecule has 4 atom stereocenters. The average molecular weight is 486 g/mol. The molecule has 3 aliphatic heterocycles. The second kappa shape index (κ2) is 10.4. The maximum Gasteiger partial charge on any atom is 0.410 e. The van der Waals surface area contributed by atoms with Crippen molar-refractivity contribution in [1.82, 2.24) is 10.2 Å². The predicted octanol–water partition coefficient (Wildman–Crippen LogP) is 3.76. The quantitative estimate of drug-likeness (QED) is 0.655. The summed E-state index contributed by atoms with van der Waals surface area (Å²) in [5.41, 5.74) is 2.13. The molecule has 34 heavy (non-hydrogen) atoms. The van der Waals surface area contributed by atoms with Gasteiger partial charge in [-0.1, -0.05) is 37.3 Å². The van der Waals surface area contributed by atoms with Crippen molar-refractivity contribution in [3.8, 4) is 6.07 Å². The Morgan fingerprint density at radius 2 is 2.12 bits per heavy atom. The van der Waals surface area contributed by atoms with Gasteiger partial charge in [0.25, 0.3) is 0 Å². The van der Waals surface area contributed by atoms with Crippen LogP contribution in [0.15, 0.2) is 40.8 Å². The molecule has 3 aliphatic rings. The number of hydrogen-bond acceptors (Lipinski definition) is 7. The molecule has 1 N–H and O–H groups in total. The molecule has 0 radical (unpaired) electrons. The van der Waals surface area contributed by atoms with Crippen LogP contribution in [-0.2, 0) is 19.0 Å². The van der Waals surface area contributed by atoms with Crippen molar-refractivity contribution in [1.29, 1.82) is 5.26 Å². The van der Waals surface area contributed by atoms with E-state index in [2.05, 4.69) is 11.4 Å². The van der Waals surface area contributed by atoms with Gasteiger partial charge in [-0.15, -0.1) is 11.8 Å². The van der Waals surface area contributed by atoms with Gasteiger partial charge in [0, 0.05) is 17.9 Å². The molecule has 0 aliphatic carbocycles. The monoisotopic (exact) mass is 485 g/mol. The lowest BCUT2D eigenvalue weighted by atomic mass is 9.94. The molecule has 1 aromatic rings. The molecular weight excluding hydrogens is 454 g/mol. The molecule has 1 aromatic carbocycles. The number of rotatable bonds is 6. The molecular formula is C25H31N3O5S. The van der Waals surface area contributed by atoms with Gasteiger partial charge in [0.15, 0.2) is 5.79 Å². The van der Waals surface area contributed by atoms with Crippen LogP contribution in [0.4, 0.5) is 4.79 Å². The molecule has 1 fully saturated rings. The zero-order valence-corrected chi connectivity index (χ0v) is 20.6. The van der Waals surface area contributed by atoms with E-state index in [1.807, 2.05) is 51.1 Å². The molecule has 0 bridgehead atoms. The first-order valence-electron chi connectivity index (χ1n) is 11.6. The number of thioether (sulfide) groups is 1. The standard InChI is InChI=1S/C25H31N3O5S/c1-16(17-7-5-4-6-8-17)11-22(29)27-23-20(12-26)19-9-10-28(13-21(19)34-23)24(30)31-14-18-15-32-25(2,3)33-18/h4-8,16,18,20,23H,9-11,13-15H2,1-3H3,(H,27,29). The number of nitriles is 1. The Balaban J connectivity index is 1.29. The fourth-order valence-electron chi connectivity index (χ4n) is 4.50. The Morgan fingerprint density at radius 3 is 2.79 bits per heavy atom. The van der Waals surface area contributed by atoms with Gasteiger partial charge in [-0.2, -0.15) is 5.26 Å². The average Bonchev–Trinajstić information content (AvgIpc) is 3.35. The molecule has 0 aromatic heterocycles. The summed E-state index contributed by atoms with van der Waals surface area (Å²) >= 11 is 1.47. The fraction of sp³-hybridized carbons (Fsp3) is 0.560. The summed E-state index contributed by atoms with van der Waals surface area (Å²) in [5, 5.41) is 12.5. The Bertz CT molecular complexity index is 990. The van der Waals surface area contributed by atoms with Gasteiger partial charge in [-0.3, -0.25) is 4.79 Å². The summed E-state index contributed by atoms with van der Waals surface area (Å²) in [7, 11) is 0. The summed E-state index contributed by atoms with van der Waals surface area (Å²) in [4.78, 5) is 27.9. The van der Waals surface area contributed by atoms with Crippen LogP contribution in [0.1, 0.15) is 45.1 Å². The van der Waals surface area contributed by atoms with Crippen LogP contribution in [0, 0.1) is 17.2 Å². The van der Waals surface area contributed by atoms with E-state index in [-0.39, 0.29) is 35.8 Å². The number of carbonyl (C=O) groups excluding carboxylic acids is 2. The van der Waals surface area contributed by atoms with E-state index in [1.165, 1.54) is 11.8 Å². The van der Waals surface area contributed by atoms with Crippen LogP contribution in [0.5, 0.6) is 0 Å². The van der Waals surface area contributed by atoms with E-state index < -0.39 is 11.9 Å². The van der Waals surface area contributed by atoms with Crippen molar-refractivity contribution in [3.05, 3.63) is 46.4 Å². The topological polar surface area (TPSA) is 101 Å². The van der Waals surface area contributed by atoms with Crippen LogP contribution in [-0.4, -0.2) is 60.5 Å². The lowest BCUT2D eigenvalue weighted by molar-refractivity contribution is -0.143. The Hall–Kier alpha value is -2.54. The van der Waals surface area contributed by atoms with E-state index >= 15 is 0 Å². The molecule has 8 nitrogen and oxygen atoms in total. The first-order valence-corrected chi connectivity index (χ1v) is 12.5. The summed E-state index contributed by atoms with van der Waals surface area (Å²) in [5.74, 6) is -1.04. The number of nitrogens with one attached hydrogen (secondary N) is 1. The van der Waals surface area contributed by atoms with Crippen molar-refractivity contribution in [2.45, 2.75) is 56.8 Å². The SMILES string of the molecule is CC(CC(=O)NC1SC2=C(CCN(C(=O)OCC3COC(C)(C)O3)C2)C1C#N)c1ccccc1. The molecule has 0 saturated carbocycles. The van der Waals surface area contributed by atoms with Crippen molar-refractivity contribution in [2.75, 3.05) is 26.3 Å². The van der Waals surface area contributed by atoms with Gasteiger partial charge in [0.1, 0.15) is 12.7 Å². The number of carbonyl (C=O) groups is 2. The lowest BCUT2D eigenvalue weighted by Gasteiger charge is -2.28. The highest BCUT2D eigenvalue weighted by atomic mass is 32.2. The fourth-order valence-corrected chi connectivity index (χ4v) is 5.97. The highest BCUT2D eigenvalue weighted by Gasteiger charge is 2.40. The van der Waals surface area contributed by atoms with Gasteiger partial charge in [0.2, 0.25) is 5.91 Å². The highest BCUT2D eigenvalue weighted by Crippen LogP contribution is 2.44. The zero-order valence-electron chi connectivity index (χ0n) is 19.8. The second-order valence-corrected chi connectivity index (χ2v) is 10.6. The Morgan fingerprint density at radius 1 is 1.35 bits per heavy atom. The number of ether oxygens (including phenoxy) is 3. The summed E-state index contributed by atoms with van der Waals surface area (Å²) in [6, 6.07) is 12.3. The predicted molar refractivity (Wildman–Crippen MR) is 128 cm³/mol. The van der Waals surface area contributed by atoms with Gasteiger partial charge < -0.3 is 24.4 Å². The van der Waals surface area contributed by atoms with Crippen molar-refractivity contribution in [2.24, 2.45) is 5.92 Å². The molecule has 2 amide bonds. The lowest BCUT2D eigenvalue weighted by Crippen LogP contribution is -2.38. The Kier molecular flexibility index (Phi) is 7.51. The van der Waals surface area contributed by atoms with Crippen molar-refractivity contribution >= 4 is 23.8 Å². The molecule has 4 rings (SSSR count). The van der Waals surface area contributed by atoms with Crippen molar-refractivity contribution < 1.29 is 23.8 Å².